The third-order valence-corrected chi connectivity index (χ3v) is 3.81. The maximum absolute atomic E-state index is 5.84. The Labute approximate surface area is 119 Å². The molecule has 0 N–H and O–H groups in total. The van der Waals surface area contributed by atoms with E-state index in [1.165, 1.54) is 16.7 Å². The van der Waals surface area contributed by atoms with Gasteiger partial charge in [-0.2, -0.15) is 0 Å². The fraction of sp³-hybridized carbons (Fsp3) is 0.158. The van der Waals surface area contributed by atoms with Crippen LogP contribution in [0, 0.1) is 0 Å². The van der Waals surface area contributed by atoms with Crippen molar-refractivity contribution >= 4 is 0 Å². The summed E-state index contributed by atoms with van der Waals surface area (Å²) in [7, 11) is 0. The van der Waals surface area contributed by atoms with E-state index in [0.717, 1.165) is 5.76 Å². The van der Waals surface area contributed by atoms with Gasteiger partial charge in [0.2, 0.25) is 0 Å². The molecule has 1 aromatic heterocycles. The van der Waals surface area contributed by atoms with Gasteiger partial charge in [-0.15, -0.1) is 0 Å². The van der Waals surface area contributed by atoms with Gasteiger partial charge in [-0.1, -0.05) is 60.7 Å². The van der Waals surface area contributed by atoms with Crippen LogP contribution in [0.5, 0.6) is 0 Å². The van der Waals surface area contributed by atoms with Crippen LogP contribution in [0.25, 0.3) is 11.1 Å². The highest BCUT2D eigenvalue weighted by molar-refractivity contribution is 5.67. The monoisotopic (exact) mass is 262 g/mol. The minimum atomic E-state index is -0.157. The van der Waals surface area contributed by atoms with Crippen LogP contribution < -0.4 is 0 Å². The van der Waals surface area contributed by atoms with Crippen molar-refractivity contribution in [3.05, 3.63) is 84.3 Å². The molecule has 3 rings (SSSR count). The second kappa shape index (κ2) is 5.01. The molecular weight excluding hydrogens is 244 g/mol. The SMILES string of the molecule is CC(C)(c1ccccc1)c1occc1-c1ccccc1. The maximum Gasteiger partial charge on any atom is 0.121 e. The molecule has 0 unspecified atom stereocenters. The highest BCUT2D eigenvalue weighted by Gasteiger charge is 2.29. The molecule has 0 bridgehead atoms. The molecular formula is C19H18O. The summed E-state index contributed by atoms with van der Waals surface area (Å²) in [5.41, 5.74) is 3.46. The molecule has 0 aliphatic heterocycles. The van der Waals surface area contributed by atoms with Crippen molar-refractivity contribution in [2.45, 2.75) is 19.3 Å². The van der Waals surface area contributed by atoms with Crippen molar-refractivity contribution in [2.24, 2.45) is 0 Å². The van der Waals surface area contributed by atoms with Gasteiger partial charge in [0.1, 0.15) is 5.76 Å². The molecule has 1 nitrogen and oxygen atoms in total. The summed E-state index contributed by atoms with van der Waals surface area (Å²) in [5.74, 6) is 1.01. The summed E-state index contributed by atoms with van der Waals surface area (Å²) in [4.78, 5) is 0. The van der Waals surface area contributed by atoms with Crippen LogP contribution in [0.3, 0.4) is 0 Å². The van der Waals surface area contributed by atoms with Gasteiger partial charge in [0.25, 0.3) is 0 Å². The van der Waals surface area contributed by atoms with Crippen LogP contribution in [-0.4, -0.2) is 0 Å². The zero-order valence-corrected chi connectivity index (χ0v) is 11.8. The summed E-state index contributed by atoms with van der Waals surface area (Å²) in [6.07, 6.45) is 1.78. The molecule has 0 spiro atoms. The zero-order chi connectivity index (χ0) is 14.0. The molecule has 0 amide bonds. The fourth-order valence-electron chi connectivity index (χ4n) is 2.62. The second-order valence-corrected chi connectivity index (χ2v) is 5.52. The molecule has 20 heavy (non-hydrogen) atoms. The summed E-state index contributed by atoms with van der Waals surface area (Å²) in [5, 5.41) is 0. The number of hydrogen-bond donors (Lipinski definition) is 0. The first-order valence-electron chi connectivity index (χ1n) is 6.88. The first kappa shape index (κ1) is 12.7. The molecule has 100 valence electrons. The molecule has 1 heterocycles. The Kier molecular flexibility index (Phi) is 3.19. The predicted octanol–water partition coefficient (Wildman–Crippen LogP) is 5.27. The first-order chi connectivity index (χ1) is 9.69. The van der Waals surface area contributed by atoms with E-state index >= 15 is 0 Å². The molecule has 3 aromatic rings. The predicted molar refractivity (Wildman–Crippen MR) is 82.7 cm³/mol. The van der Waals surface area contributed by atoms with Crippen LogP contribution >= 0.6 is 0 Å². The normalized spacial score (nSPS) is 11.5. The van der Waals surface area contributed by atoms with E-state index in [-0.39, 0.29) is 5.41 Å². The summed E-state index contributed by atoms with van der Waals surface area (Å²) < 4.78 is 5.84. The molecule has 2 aromatic carbocycles. The Morgan fingerprint density at radius 3 is 2.00 bits per heavy atom. The van der Waals surface area contributed by atoms with Crippen LogP contribution in [-0.2, 0) is 5.41 Å². The second-order valence-electron chi connectivity index (χ2n) is 5.52. The summed E-state index contributed by atoms with van der Waals surface area (Å²) in [6, 6.07) is 22.9. The Morgan fingerprint density at radius 2 is 1.35 bits per heavy atom. The largest absolute Gasteiger partial charge is 0.468 e. The van der Waals surface area contributed by atoms with E-state index in [1.54, 1.807) is 6.26 Å². The molecule has 1 heteroatoms. The van der Waals surface area contributed by atoms with Crippen molar-refractivity contribution in [3.8, 4) is 11.1 Å². The third kappa shape index (κ3) is 2.16. The lowest BCUT2D eigenvalue weighted by molar-refractivity contribution is 0.431. The average Bonchev–Trinajstić information content (AvgIpc) is 2.99. The number of rotatable bonds is 3. The van der Waals surface area contributed by atoms with Gasteiger partial charge in [0.05, 0.1) is 6.26 Å². The zero-order valence-electron chi connectivity index (χ0n) is 11.8. The molecule has 0 saturated carbocycles. The molecule has 0 fully saturated rings. The highest BCUT2D eigenvalue weighted by atomic mass is 16.3. The van der Waals surface area contributed by atoms with Gasteiger partial charge in [-0.3, -0.25) is 0 Å². The van der Waals surface area contributed by atoms with E-state index in [9.17, 15) is 0 Å². The molecule has 0 atom stereocenters. The van der Waals surface area contributed by atoms with Gasteiger partial charge < -0.3 is 4.42 Å². The number of benzene rings is 2. The summed E-state index contributed by atoms with van der Waals surface area (Å²) in [6.45, 7) is 4.40. The van der Waals surface area contributed by atoms with E-state index in [2.05, 4.69) is 68.4 Å². The van der Waals surface area contributed by atoms with E-state index < -0.39 is 0 Å². The van der Waals surface area contributed by atoms with Crippen molar-refractivity contribution in [2.75, 3.05) is 0 Å². The minimum Gasteiger partial charge on any atom is -0.468 e. The number of hydrogen-bond acceptors (Lipinski definition) is 1. The number of furan rings is 1. The van der Waals surface area contributed by atoms with Crippen LogP contribution in [0.2, 0.25) is 0 Å². The molecule has 0 saturated heterocycles. The van der Waals surface area contributed by atoms with Crippen LogP contribution in [0.15, 0.2) is 77.4 Å². The summed E-state index contributed by atoms with van der Waals surface area (Å²) >= 11 is 0. The van der Waals surface area contributed by atoms with Crippen LogP contribution in [0.1, 0.15) is 25.2 Å². The minimum absolute atomic E-state index is 0.157. The fourth-order valence-corrected chi connectivity index (χ4v) is 2.62. The van der Waals surface area contributed by atoms with E-state index in [4.69, 9.17) is 4.42 Å². The van der Waals surface area contributed by atoms with Gasteiger partial charge >= 0.3 is 0 Å². The molecule has 0 aliphatic carbocycles. The van der Waals surface area contributed by atoms with Crippen molar-refractivity contribution < 1.29 is 4.42 Å². The van der Waals surface area contributed by atoms with Crippen LogP contribution in [0.4, 0.5) is 0 Å². The van der Waals surface area contributed by atoms with Gasteiger partial charge in [0.15, 0.2) is 0 Å². The average molecular weight is 262 g/mol. The standard InChI is InChI=1S/C19H18O/c1-19(2,16-11-7-4-8-12-16)18-17(13-14-20-18)15-9-5-3-6-10-15/h3-14H,1-2H3. The molecule has 0 aliphatic rings. The third-order valence-electron chi connectivity index (χ3n) is 3.81. The smallest absolute Gasteiger partial charge is 0.121 e. The lowest BCUT2D eigenvalue weighted by Gasteiger charge is -2.24. The Hall–Kier alpha value is -2.28. The van der Waals surface area contributed by atoms with E-state index in [0.29, 0.717) is 0 Å². The Morgan fingerprint density at radius 1 is 0.750 bits per heavy atom. The lowest BCUT2D eigenvalue weighted by atomic mass is 9.80. The van der Waals surface area contributed by atoms with Crippen molar-refractivity contribution in [3.63, 3.8) is 0 Å². The van der Waals surface area contributed by atoms with Gasteiger partial charge in [-0.25, -0.2) is 0 Å². The van der Waals surface area contributed by atoms with Crippen molar-refractivity contribution in [1.29, 1.82) is 0 Å². The van der Waals surface area contributed by atoms with Crippen molar-refractivity contribution in [1.82, 2.24) is 0 Å². The highest BCUT2D eigenvalue weighted by Crippen LogP contribution is 2.38. The Bertz CT molecular complexity index is 678. The van der Waals surface area contributed by atoms with E-state index in [1.807, 2.05) is 12.1 Å². The quantitative estimate of drug-likeness (QED) is 0.626. The lowest BCUT2D eigenvalue weighted by Crippen LogP contribution is -2.18. The molecule has 0 radical (unpaired) electrons. The van der Waals surface area contributed by atoms with Gasteiger partial charge in [0, 0.05) is 11.0 Å². The topological polar surface area (TPSA) is 13.1 Å². The van der Waals surface area contributed by atoms with Gasteiger partial charge in [-0.05, 0) is 31.0 Å². The first-order valence-corrected chi connectivity index (χ1v) is 6.88. The maximum atomic E-state index is 5.84. The Balaban J connectivity index is 2.10.